The van der Waals surface area contributed by atoms with Crippen LogP contribution in [0.4, 0.5) is 13.2 Å². The highest BCUT2D eigenvalue weighted by Gasteiger charge is 2.65. The van der Waals surface area contributed by atoms with Gasteiger partial charge in [-0.25, -0.2) is 0 Å². The second kappa shape index (κ2) is 3.64. The van der Waals surface area contributed by atoms with E-state index in [1.807, 2.05) is 0 Å². The lowest BCUT2D eigenvalue weighted by Crippen LogP contribution is -2.68. The van der Waals surface area contributed by atoms with Gasteiger partial charge in [0.2, 0.25) is 0 Å². The van der Waals surface area contributed by atoms with Crippen molar-refractivity contribution in [3.8, 4) is 0 Å². The van der Waals surface area contributed by atoms with E-state index in [0.29, 0.717) is 5.92 Å². The Morgan fingerprint density at radius 2 is 1.90 bits per heavy atom. The largest absolute Gasteiger partial charge is 0.442 e. The molecular weight excluding hydrogens is 283 g/mol. The molecule has 2 bridgehead atoms. The molecule has 1 aromatic rings. The molecule has 0 saturated heterocycles. The SMILES string of the molecule is O=C(NC12CC(C1)C2)c1cccc(C2(C(F)(F)F)N=N2)c1. The highest BCUT2D eigenvalue weighted by Crippen LogP contribution is 2.57. The molecule has 3 aliphatic carbocycles. The van der Waals surface area contributed by atoms with Crippen LogP contribution in [0, 0.1) is 5.92 Å². The summed E-state index contributed by atoms with van der Waals surface area (Å²) in [7, 11) is 0. The van der Waals surface area contributed by atoms with Crippen LogP contribution in [-0.2, 0) is 5.66 Å². The van der Waals surface area contributed by atoms with Gasteiger partial charge in [0.25, 0.3) is 5.91 Å². The van der Waals surface area contributed by atoms with Crippen LogP contribution in [0.5, 0.6) is 0 Å². The van der Waals surface area contributed by atoms with Gasteiger partial charge in [0.05, 0.1) is 0 Å². The van der Waals surface area contributed by atoms with Crippen molar-refractivity contribution in [3.05, 3.63) is 35.4 Å². The van der Waals surface area contributed by atoms with E-state index in [0.717, 1.165) is 19.3 Å². The summed E-state index contributed by atoms with van der Waals surface area (Å²) in [5.74, 6) is 0.391. The van der Waals surface area contributed by atoms with Crippen LogP contribution in [0.3, 0.4) is 0 Å². The molecule has 0 atom stereocenters. The third-order valence-corrected chi connectivity index (χ3v) is 4.64. The number of carbonyl (C=O) groups is 1. The van der Waals surface area contributed by atoms with Crippen molar-refractivity contribution < 1.29 is 18.0 Å². The summed E-state index contributed by atoms with van der Waals surface area (Å²) >= 11 is 0. The second-order valence-corrected chi connectivity index (χ2v) is 6.16. The maximum atomic E-state index is 13.0. The number of hydrogen-bond acceptors (Lipinski definition) is 3. The van der Waals surface area contributed by atoms with Gasteiger partial charge < -0.3 is 5.32 Å². The molecule has 110 valence electrons. The van der Waals surface area contributed by atoms with E-state index in [-0.39, 0.29) is 22.6 Å². The Labute approximate surface area is 118 Å². The van der Waals surface area contributed by atoms with E-state index in [1.165, 1.54) is 24.3 Å². The molecule has 1 N–H and O–H groups in total. The Morgan fingerprint density at radius 1 is 1.24 bits per heavy atom. The molecule has 0 radical (unpaired) electrons. The zero-order chi connectivity index (χ0) is 14.9. The zero-order valence-electron chi connectivity index (χ0n) is 10.9. The van der Waals surface area contributed by atoms with Crippen molar-refractivity contribution in [2.24, 2.45) is 16.1 Å². The van der Waals surface area contributed by atoms with Crippen molar-refractivity contribution in [2.45, 2.75) is 36.6 Å². The lowest BCUT2D eigenvalue weighted by atomic mass is 9.50. The predicted molar refractivity (Wildman–Crippen MR) is 66.6 cm³/mol. The Hall–Kier alpha value is -1.92. The summed E-state index contributed by atoms with van der Waals surface area (Å²) in [6.07, 6.45) is -1.63. The number of nitrogens with one attached hydrogen (secondary N) is 1. The average molecular weight is 295 g/mol. The van der Waals surface area contributed by atoms with Crippen LogP contribution in [0.1, 0.15) is 35.2 Å². The van der Waals surface area contributed by atoms with E-state index < -0.39 is 11.8 Å². The van der Waals surface area contributed by atoms with Gasteiger partial charge >= 0.3 is 11.8 Å². The summed E-state index contributed by atoms with van der Waals surface area (Å²) in [6.45, 7) is 0. The van der Waals surface area contributed by atoms with Crippen LogP contribution in [-0.4, -0.2) is 17.6 Å². The minimum atomic E-state index is -4.57. The fourth-order valence-electron chi connectivity index (χ4n) is 3.26. The van der Waals surface area contributed by atoms with Crippen LogP contribution < -0.4 is 5.32 Å². The van der Waals surface area contributed by atoms with Gasteiger partial charge in [-0.3, -0.25) is 4.79 Å². The number of nitrogens with zero attached hydrogens (tertiary/aromatic N) is 2. The van der Waals surface area contributed by atoms with Gasteiger partial charge in [0, 0.05) is 16.7 Å². The van der Waals surface area contributed by atoms with E-state index in [4.69, 9.17) is 0 Å². The first-order chi connectivity index (χ1) is 9.84. The quantitative estimate of drug-likeness (QED) is 0.915. The molecule has 1 aliphatic heterocycles. The third kappa shape index (κ3) is 1.72. The normalized spacial score (nSPS) is 31.1. The zero-order valence-corrected chi connectivity index (χ0v) is 10.9. The van der Waals surface area contributed by atoms with Crippen LogP contribution >= 0.6 is 0 Å². The number of hydrogen-bond donors (Lipinski definition) is 1. The molecule has 5 rings (SSSR count). The second-order valence-electron chi connectivity index (χ2n) is 6.16. The fraction of sp³-hybridized carbons (Fsp3) is 0.500. The number of rotatable bonds is 3. The van der Waals surface area contributed by atoms with Gasteiger partial charge in [-0.15, -0.1) is 10.2 Å². The fourth-order valence-corrected chi connectivity index (χ4v) is 3.26. The maximum Gasteiger partial charge on any atom is 0.442 e. The van der Waals surface area contributed by atoms with Gasteiger partial charge in [-0.2, -0.15) is 13.2 Å². The Bertz CT molecular complexity index is 645. The summed E-state index contributed by atoms with van der Waals surface area (Å²) < 4.78 is 38.9. The Kier molecular flexibility index (Phi) is 2.22. The molecule has 0 spiro atoms. The summed E-state index contributed by atoms with van der Waals surface area (Å²) in [6, 6.07) is 5.47. The predicted octanol–water partition coefficient (Wildman–Crippen LogP) is 3.15. The van der Waals surface area contributed by atoms with Crippen LogP contribution in [0.15, 0.2) is 34.5 Å². The van der Waals surface area contributed by atoms with Crippen LogP contribution in [0.25, 0.3) is 0 Å². The van der Waals surface area contributed by atoms with Crippen molar-refractivity contribution in [1.82, 2.24) is 5.32 Å². The molecule has 0 aromatic heterocycles. The molecule has 1 aromatic carbocycles. The first-order valence-electron chi connectivity index (χ1n) is 6.78. The third-order valence-electron chi connectivity index (χ3n) is 4.64. The summed E-state index contributed by atoms with van der Waals surface area (Å²) in [5, 5.41) is 9.24. The molecule has 1 heterocycles. The van der Waals surface area contributed by atoms with Crippen molar-refractivity contribution >= 4 is 5.91 Å². The number of carbonyl (C=O) groups excluding carboxylic acids is 1. The molecular formula is C14H12F3N3O. The lowest BCUT2D eigenvalue weighted by molar-refractivity contribution is -0.166. The van der Waals surface area contributed by atoms with Gasteiger partial charge in [-0.1, -0.05) is 12.1 Å². The van der Waals surface area contributed by atoms with Gasteiger partial charge in [-0.05, 0) is 37.3 Å². The average Bonchev–Trinajstić information content (AvgIpc) is 3.13. The lowest BCUT2D eigenvalue weighted by Gasteiger charge is -2.61. The van der Waals surface area contributed by atoms with Crippen molar-refractivity contribution in [2.75, 3.05) is 0 Å². The number of amides is 1. The van der Waals surface area contributed by atoms with Crippen LogP contribution in [0.2, 0.25) is 0 Å². The van der Waals surface area contributed by atoms with E-state index in [1.54, 1.807) is 0 Å². The maximum absolute atomic E-state index is 13.0. The van der Waals surface area contributed by atoms with E-state index in [2.05, 4.69) is 15.5 Å². The Balaban J connectivity index is 1.57. The Morgan fingerprint density at radius 3 is 2.38 bits per heavy atom. The van der Waals surface area contributed by atoms with Gasteiger partial charge in [0.1, 0.15) is 0 Å². The summed E-state index contributed by atoms with van der Waals surface area (Å²) in [5.41, 5.74) is -2.47. The number of alkyl halides is 3. The summed E-state index contributed by atoms with van der Waals surface area (Å²) in [4.78, 5) is 12.2. The monoisotopic (exact) mass is 295 g/mol. The number of halogens is 3. The molecule has 4 aliphatic rings. The van der Waals surface area contributed by atoms with E-state index >= 15 is 0 Å². The van der Waals surface area contributed by atoms with E-state index in [9.17, 15) is 18.0 Å². The smallest absolute Gasteiger partial charge is 0.347 e. The minimum absolute atomic E-state index is 0.103. The molecule has 21 heavy (non-hydrogen) atoms. The van der Waals surface area contributed by atoms with Crippen molar-refractivity contribution in [3.63, 3.8) is 0 Å². The highest BCUT2D eigenvalue weighted by molar-refractivity contribution is 5.95. The van der Waals surface area contributed by atoms with Gasteiger partial charge in [0.15, 0.2) is 0 Å². The topological polar surface area (TPSA) is 53.8 Å². The molecule has 3 saturated carbocycles. The molecule has 7 heteroatoms. The van der Waals surface area contributed by atoms with Crippen molar-refractivity contribution in [1.29, 1.82) is 0 Å². The highest BCUT2D eigenvalue weighted by atomic mass is 19.4. The first kappa shape index (κ1) is 12.8. The molecule has 1 amide bonds. The molecule has 0 unspecified atom stereocenters. The minimum Gasteiger partial charge on any atom is -0.347 e. The standard InChI is InChI=1S/C14H12F3N3O/c15-14(16,17)13(19-20-13)10-3-1-2-9(4-10)11(21)18-12-5-8(6-12)7-12/h1-4,8H,5-7H2,(H,18,21). The number of benzene rings is 1. The molecule has 3 fully saturated rings. The first-order valence-corrected chi connectivity index (χ1v) is 6.78. The molecule has 4 nitrogen and oxygen atoms in total.